The van der Waals surface area contributed by atoms with Crippen LogP contribution in [0.4, 0.5) is 18.9 Å². The first-order valence-electron chi connectivity index (χ1n) is 5.14. The maximum absolute atomic E-state index is 12.1. The highest BCUT2D eigenvalue weighted by Gasteiger charge is 2.39. The molecule has 2 N–H and O–H groups in total. The van der Waals surface area contributed by atoms with Crippen molar-refractivity contribution in [1.29, 1.82) is 0 Å². The number of amides is 1. The van der Waals surface area contributed by atoms with Crippen LogP contribution < -0.4 is 10.1 Å². The molecule has 19 heavy (non-hydrogen) atoms. The molecular formula is C11H10F3NO4. The molecule has 0 heterocycles. The molecule has 1 aromatic rings. The lowest BCUT2D eigenvalue weighted by Gasteiger charge is -2.13. The molecule has 0 aromatic heterocycles. The van der Waals surface area contributed by atoms with Gasteiger partial charge in [0.25, 0.3) is 0 Å². The van der Waals surface area contributed by atoms with Crippen LogP contribution in [-0.4, -0.2) is 29.8 Å². The summed E-state index contributed by atoms with van der Waals surface area (Å²) in [5.74, 6) is -3.55. The summed E-state index contributed by atoms with van der Waals surface area (Å²) in [7, 11) is 0. The van der Waals surface area contributed by atoms with Crippen LogP contribution in [0.5, 0.6) is 5.75 Å². The number of carboxylic acids is 1. The summed E-state index contributed by atoms with van der Waals surface area (Å²) in [6, 6.07) is 3.15. The third kappa shape index (κ3) is 3.87. The van der Waals surface area contributed by atoms with E-state index >= 15 is 0 Å². The second-order valence-electron chi connectivity index (χ2n) is 3.40. The number of carboxylic acid groups (broad SMARTS) is 1. The Morgan fingerprint density at radius 2 is 2.00 bits per heavy atom. The van der Waals surface area contributed by atoms with E-state index < -0.39 is 18.1 Å². The van der Waals surface area contributed by atoms with Gasteiger partial charge in [-0.15, -0.1) is 0 Å². The fourth-order valence-electron chi connectivity index (χ4n) is 1.23. The van der Waals surface area contributed by atoms with Gasteiger partial charge in [0.15, 0.2) is 0 Å². The molecular weight excluding hydrogens is 267 g/mol. The smallest absolute Gasteiger partial charge is 0.471 e. The molecule has 0 atom stereocenters. The Bertz CT molecular complexity index is 499. The fourth-order valence-corrected chi connectivity index (χ4v) is 1.23. The van der Waals surface area contributed by atoms with E-state index in [2.05, 4.69) is 0 Å². The van der Waals surface area contributed by atoms with E-state index in [-0.39, 0.29) is 23.6 Å². The molecule has 0 fully saturated rings. The van der Waals surface area contributed by atoms with Crippen LogP contribution in [0.2, 0.25) is 0 Å². The van der Waals surface area contributed by atoms with Crippen LogP contribution in [0.15, 0.2) is 18.2 Å². The molecule has 1 aromatic carbocycles. The molecule has 0 aliphatic heterocycles. The summed E-state index contributed by atoms with van der Waals surface area (Å²) < 4.78 is 41.3. The van der Waals surface area contributed by atoms with Gasteiger partial charge in [-0.2, -0.15) is 13.2 Å². The normalized spacial score (nSPS) is 10.9. The monoisotopic (exact) mass is 277 g/mol. The van der Waals surface area contributed by atoms with Gasteiger partial charge in [-0.3, -0.25) is 4.79 Å². The average molecular weight is 277 g/mol. The van der Waals surface area contributed by atoms with Crippen molar-refractivity contribution < 1.29 is 32.6 Å². The lowest BCUT2D eigenvalue weighted by atomic mass is 10.2. The number of ether oxygens (including phenoxy) is 1. The van der Waals surface area contributed by atoms with Gasteiger partial charge < -0.3 is 15.2 Å². The lowest BCUT2D eigenvalue weighted by molar-refractivity contribution is -0.167. The Kier molecular flexibility index (Phi) is 4.36. The Balaban J connectivity index is 3.06. The maximum Gasteiger partial charge on any atom is 0.471 e. The van der Waals surface area contributed by atoms with E-state index in [0.717, 1.165) is 18.2 Å². The fraction of sp³-hybridized carbons (Fsp3) is 0.273. The molecule has 5 nitrogen and oxygen atoms in total. The highest BCUT2D eigenvalue weighted by atomic mass is 19.4. The van der Waals surface area contributed by atoms with Crippen molar-refractivity contribution in [2.24, 2.45) is 0 Å². The number of hydrogen-bond acceptors (Lipinski definition) is 3. The van der Waals surface area contributed by atoms with Gasteiger partial charge in [-0.1, -0.05) is 0 Å². The third-order valence-electron chi connectivity index (χ3n) is 2.03. The molecule has 0 aliphatic carbocycles. The van der Waals surface area contributed by atoms with Gasteiger partial charge in [-0.05, 0) is 25.1 Å². The first-order chi connectivity index (χ1) is 8.75. The van der Waals surface area contributed by atoms with Crippen LogP contribution in [0.3, 0.4) is 0 Å². The van der Waals surface area contributed by atoms with E-state index in [1.165, 1.54) is 0 Å². The topological polar surface area (TPSA) is 75.6 Å². The highest BCUT2D eigenvalue weighted by molar-refractivity contribution is 5.97. The summed E-state index contributed by atoms with van der Waals surface area (Å²) in [5, 5.41) is 10.4. The number of nitrogens with one attached hydrogen (secondary N) is 1. The molecule has 104 valence electrons. The van der Waals surface area contributed by atoms with E-state index in [1.54, 1.807) is 12.2 Å². The van der Waals surface area contributed by atoms with E-state index in [9.17, 15) is 22.8 Å². The Morgan fingerprint density at radius 1 is 1.37 bits per heavy atom. The van der Waals surface area contributed by atoms with Crippen molar-refractivity contribution in [1.82, 2.24) is 0 Å². The second-order valence-corrected chi connectivity index (χ2v) is 3.40. The van der Waals surface area contributed by atoms with E-state index in [1.807, 2.05) is 0 Å². The van der Waals surface area contributed by atoms with Crippen molar-refractivity contribution >= 4 is 17.6 Å². The molecule has 0 radical (unpaired) electrons. The van der Waals surface area contributed by atoms with E-state index in [4.69, 9.17) is 9.84 Å². The summed E-state index contributed by atoms with van der Waals surface area (Å²) in [5.41, 5.74) is -0.400. The number of rotatable bonds is 4. The molecule has 0 bridgehead atoms. The van der Waals surface area contributed by atoms with Gasteiger partial charge in [0.1, 0.15) is 5.75 Å². The highest BCUT2D eigenvalue weighted by Crippen LogP contribution is 2.28. The number of alkyl halides is 3. The number of hydrogen-bond donors (Lipinski definition) is 2. The first kappa shape index (κ1) is 14.8. The molecule has 1 amide bonds. The minimum absolute atomic E-state index is 0.109. The van der Waals surface area contributed by atoms with Gasteiger partial charge >= 0.3 is 18.1 Å². The zero-order valence-corrected chi connectivity index (χ0v) is 9.75. The Labute approximate surface area is 106 Å². The first-order valence-corrected chi connectivity index (χ1v) is 5.14. The number of halogens is 3. The molecule has 0 spiro atoms. The number of benzene rings is 1. The zero-order valence-electron chi connectivity index (χ0n) is 9.75. The summed E-state index contributed by atoms with van der Waals surface area (Å²) >= 11 is 0. The van der Waals surface area contributed by atoms with E-state index in [0.29, 0.717) is 0 Å². The van der Waals surface area contributed by atoms with Crippen LogP contribution in [0.25, 0.3) is 0 Å². The SMILES string of the molecule is CCOc1cc(C(=O)O)ccc1NC(=O)C(F)(F)F. The predicted octanol–water partition coefficient (Wildman–Crippen LogP) is 2.28. The lowest BCUT2D eigenvalue weighted by Crippen LogP contribution is -2.30. The zero-order chi connectivity index (χ0) is 14.6. The van der Waals surface area contributed by atoms with Crippen molar-refractivity contribution in [3.63, 3.8) is 0 Å². The molecule has 0 saturated carbocycles. The summed E-state index contributed by atoms with van der Waals surface area (Å²) in [4.78, 5) is 21.5. The number of carbonyl (C=O) groups is 2. The Morgan fingerprint density at radius 3 is 2.47 bits per heavy atom. The van der Waals surface area contributed by atoms with Gasteiger partial charge in [0.05, 0.1) is 17.9 Å². The summed E-state index contributed by atoms with van der Waals surface area (Å²) in [6.07, 6.45) is -5.03. The standard InChI is InChI=1S/C11H10F3NO4/c1-2-19-8-5-6(9(16)17)3-4-7(8)15-10(18)11(12,13)14/h3-5H,2H2,1H3,(H,15,18)(H,16,17). The Hall–Kier alpha value is -2.25. The van der Waals surface area contributed by atoms with Crippen LogP contribution >= 0.6 is 0 Å². The molecule has 0 saturated heterocycles. The second kappa shape index (κ2) is 5.59. The van der Waals surface area contributed by atoms with Gasteiger partial charge in [0, 0.05) is 0 Å². The molecule has 1 rings (SSSR count). The van der Waals surface area contributed by atoms with Crippen LogP contribution in [0, 0.1) is 0 Å². The van der Waals surface area contributed by atoms with Crippen LogP contribution in [-0.2, 0) is 4.79 Å². The van der Waals surface area contributed by atoms with Crippen molar-refractivity contribution in [3.05, 3.63) is 23.8 Å². The molecule has 8 heteroatoms. The third-order valence-corrected chi connectivity index (χ3v) is 2.03. The number of carbonyl (C=O) groups excluding carboxylic acids is 1. The number of anilines is 1. The predicted molar refractivity (Wildman–Crippen MR) is 59.3 cm³/mol. The van der Waals surface area contributed by atoms with Crippen molar-refractivity contribution in [3.8, 4) is 5.75 Å². The maximum atomic E-state index is 12.1. The van der Waals surface area contributed by atoms with Gasteiger partial charge in [-0.25, -0.2) is 4.79 Å². The van der Waals surface area contributed by atoms with Crippen LogP contribution in [0.1, 0.15) is 17.3 Å². The van der Waals surface area contributed by atoms with Crippen molar-refractivity contribution in [2.75, 3.05) is 11.9 Å². The molecule has 0 aliphatic rings. The molecule has 0 unspecified atom stereocenters. The summed E-state index contributed by atoms with van der Waals surface area (Å²) in [6.45, 7) is 1.68. The number of aromatic carboxylic acids is 1. The minimum Gasteiger partial charge on any atom is -0.492 e. The van der Waals surface area contributed by atoms with Crippen molar-refractivity contribution in [2.45, 2.75) is 13.1 Å². The largest absolute Gasteiger partial charge is 0.492 e. The van der Waals surface area contributed by atoms with Gasteiger partial charge in [0.2, 0.25) is 0 Å². The minimum atomic E-state index is -5.03. The quantitative estimate of drug-likeness (QED) is 0.885. The average Bonchev–Trinajstić information content (AvgIpc) is 2.30.